The van der Waals surface area contributed by atoms with Gasteiger partial charge in [-0.2, -0.15) is 0 Å². The van der Waals surface area contributed by atoms with Crippen LogP contribution in [0.3, 0.4) is 0 Å². The first-order valence-electron chi connectivity index (χ1n) is 4.09. The first-order valence-corrected chi connectivity index (χ1v) is 4.09. The Hall–Kier alpha value is -1.58. The van der Waals surface area contributed by atoms with Gasteiger partial charge in [0.2, 0.25) is 0 Å². The minimum Gasteiger partial charge on any atom is -0.493 e. The molecule has 1 N–H and O–H groups in total. The molecule has 76 valence electrons. The third kappa shape index (κ3) is 2.22. The maximum absolute atomic E-state index is 13.2. The molecule has 14 heavy (non-hydrogen) atoms. The molecule has 0 radical (unpaired) electrons. The van der Waals surface area contributed by atoms with Gasteiger partial charge in [0, 0.05) is 0 Å². The summed E-state index contributed by atoms with van der Waals surface area (Å²) in [4.78, 5) is 10.4. The van der Waals surface area contributed by atoms with Gasteiger partial charge in [-0.15, -0.1) is 0 Å². The quantitative estimate of drug-likeness (QED) is 0.805. The van der Waals surface area contributed by atoms with Gasteiger partial charge in [-0.25, -0.2) is 4.39 Å². The van der Waals surface area contributed by atoms with Crippen LogP contribution in [0, 0.1) is 12.7 Å². The normalized spacial score (nSPS) is 9.93. The van der Waals surface area contributed by atoms with Gasteiger partial charge in [-0.3, -0.25) is 4.79 Å². The molecule has 1 aromatic rings. The Balaban J connectivity index is 3.07. The Kier molecular flexibility index (Phi) is 3.06. The summed E-state index contributed by atoms with van der Waals surface area (Å²) >= 11 is 0. The second kappa shape index (κ2) is 4.09. The topological polar surface area (TPSA) is 46.5 Å². The minimum absolute atomic E-state index is 0.166. The SMILES string of the molecule is COc1c(C)cc(CC(=O)O)cc1F. The molecule has 1 rings (SSSR count). The first kappa shape index (κ1) is 10.5. The molecule has 3 nitrogen and oxygen atoms in total. The van der Waals surface area contributed by atoms with Crippen LogP contribution in [-0.2, 0) is 11.2 Å². The van der Waals surface area contributed by atoms with Crippen molar-refractivity contribution in [3.05, 3.63) is 29.1 Å². The summed E-state index contributed by atoms with van der Waals surface area (Å²) in [5.74, 6) is -1.34. The molecule has 0 saturated carbocycles. The summed E-state index contributed by atoms with van der Waals surface area (Å²) in [5, 5.41) is 8.52. The molecular formula is C10H11FO3. The third-order valence-corrected chi connectivity index (χ3v) is 1.85. The molecule has 0 aliphatic carbocycles. The van der Waals surface area contributed by atoms with E-state index in [0.29, 0.717) is 11.1 Å². The molecule has 0 aromatic heterocycles. The summed E-state index contributed by atoms with van der Waals surface area (Å²) in [5.41, 5.74) is 1.04. The van der Waals surface area contributed by atoms with Gasteiger partial charge in [0.05, 0.1) is 13.5 Å². The number of benzene rings is 1. The highest BCUT2D eigenvalue weighted by Crippen LogP contribution is 2.23. The van der Waals surface area contributed by atoms with Gasteiger partial charge < -0.3 is 9.84 Å². The Morgan fingerprint density at radius 1 is 1.57 bits per heavy atom. The fourth-order valence-electron chi connectivity index (χ4n) is 1.34. The minimum atomic E-state index is -0.978. The molecule has 0 aliphatic rings. The number of ether oxygens (including phenoxy) is 1. The number of carboxylic acid groups (broad SMARTS) is 1. The highest BCUT2D eigenvalue weighted by atomic mass is 19.1. The van der Waals surface area contributed by atoms with E-state index in [2.05, 4.69) is 0 Å². The Morgan fingerprint density at radius 3 is 2.64 bits per heavy atom. The summed E-state index contributed by atoms with van der Waals surface area (Å²) < 4.78 is 18.1. The van der Waals surface area contributed by atoms with E-state index in [1.54, 1.807) is 13.0 Å². The summed E-state index contributed by atoms with van der Waals surface area (Å²) in [6.07, 6.45) is -0.179. The maximum atomic E-state index is 13.2. The standard InChI is InChI=1S/C10H11FO3/c1-6-3-7(5-9(12)13)4-8(11)10(6)14-2/h3-4H,5H2,1-2H3,(H,12,13). The smallest absolute Gasteiger partial charge is 0.307 e. The first-order chi connectivity index (χ1) is 6.54. The number of hydrogen-bond donors (Lipinski definition) is 1. The largest absolute Gasteiger partial charge is 0.493 e. The van der Waals surface area contributed by atoms with Crippen molar-refractivity contribution in [1.82, 2.24) is 0 Å². The molecule has 0 heterocycles. The van der Waals surface area contributed by atoms with Crippen molar-refractivity contribution >= 4 is 5.97 Å². The van der Waals surface area contributed by atoms with Gasteiger partial charge in [0.1, 0.15) is 0 Å². The van der Waals surface area contributed by atoms with E-state index in [9.17, 15) is 9.18 Å². The highest BCUT2D eigenvalue weighted by molar-refractivity contribution is 5.70. The summed E-state index contributed by atoms with van der Waals surface area (Å²) in [6, 6.07) is 2.79. The number of aliphatic carboxylic acids is 1. The molecule has 0 fully saturated rings. The van der Waals surface area contributed by atoms with Crippen LogP contribution in [0.4, 0.5) is 4.39 Å². The second-order valence-electron chi connectivity index (χ2n) is 3.00. The molecule has 0 aliphatic heterocycles. The molecule has 0 spiro atoms. The number of halogens is 1. The lowest BCUT2D eigenvalue weighted by Crippen LogP contribution is -2.02. The molecule has 0 amide bonds. The molecule has 0 unspecified atom stereocenters. The Labute approximate surface area is 81.1 Å². The highest BCUT2D eigenvalue weighted by Gasteiger charge is 2.09. The monoisotopic (exact) mass is 198 g/mol. The van der Waals surface area contributed by atoms with E-state index >= 15 is 0 Å². The fourth-order valence-corrected chi connectivity index (χ4v) is 1.34. The maximum Gasteiger partial charge on any atom is 0.307 e. The van der Waals surface area contributed by atoms with E-state index in [0.717, 1.165) is 0 Å². The van der Waals surface area contributed by atoms with Crippen molar-refractivity contribution in [2.24, 2.45) is 0 Å². The molecule has 0 saturated heterocycles. The second-order valence-corrected chi connectivity index (χ2v) is 3.00. The van der Waals surface area contributed by atoms with Crippen LogP contribution in [0.25, 0.3) is 0 Å². The van der Waals surface area contributed by atoms with Crippen LogP contribution in [0.1, 0.15) is 11.1 Å². The van der Waals surface area contributed by atoms with Gasteiger partial charge in [-0.1, -0.05) is 6.07 Å². The zero-order valence-electron chi connectivity index (χ0n) is 8.00. The number of hydrogen-bond acceptors (Lipinski definition) is 2. The van der Waals surface area contributed by atoms with Crippen LogP contribution in [-0.4, -0.2) is 18.2 Å². The van der Waals surface area contributed by atoms with Crippen LogP contribution < -0.4 is 4.74 Å². The molecular weight excluding hydrogens is 187 g/mol. The average Bonchev–Trinajstić information content (AvgIpc) is 2.01. The lowest BCUT2D eigenvalue weighted by Gasteiger charge is -2.07. The Morgan fingerprint density at radius 2 is 2.21 bits per heavy atom. The van der Waals surface area contributed by atoms with Crippen molar-refractivity contribution in [2.75, 3.05) is 7.11 Å². The van der Waals surface area contributed by atoms with Crippen LogP contribution >= 0.6 is 0 Å². The lowest BCUT2D eigenvalue weighted by atomic mass is 10.1. The van der Waals surface area contributed by atoms with E-state index in [4.69, 9.17) is 9.84 Å². The van der Waals surface area contributed by atoms with Crippen molar-refractivity contribution in [3.8, 4) is 5.75 Å². The average molecular weight is 198 g/mol. The summed E-state index contributed by atoms with van der Waals surface area (Å²) in [6.45, 7) is 1.67. The number of rotatable bonds is 3. The third-order valence-electron chi connectivity index (χ3n) is 1.85. The molecule has 1 aromatic carbocycles. The van der Waals surface area contributed by atoms with E-state index in [1.165, 1.54) is 13.2 Å². The van der Waals surface area contributed by atoms with E-state index in [-0.39, 0.29) is 12.2 Å². The van der Waals surface area contributed by atoms with Crippen molar-refractivity contribution in [1.29, 1.82) is 0 Å². The summed E-state index contributed by atoms with van der Waals surface area (Å²) in [7, 11) is 1.38. The fraction of sp³-hybridized carbons (Fsp3) is 0.300. The molecule has 0 atom stereocenters. The van der Waals surface area contributed by atoms with Gasteiger partial charge in [0.25, 0.3) is 0 Å². The lowest BCUT2D eigenvalue weighted by molar-refractivity contribution is -0.136. The van der Waals surface area contributed by atoms with Crippen molar-refractivity contribution in [3.63, 3.8) is 0 Å². The predicted molar refractivity (Wildman–Crippen MR) is 49.0 cm³/mol. The van der Waals surface area contributed by atoms with Gasteiger partial charge >= 0.3 is 5.97 Å². The number of carbonyl (C=O) groups is 1. The zero-order valence-corrected chi connectivity index (χ0v) is 8.00. The van der Waals surface area contributed by atoms with Crippen LogP contribution in [0.15, 0.2) is 12.1 Å². The Bertz CT molecular complexity index is 337. The van der Waals surface area contributed by atoms with Gasteiger partial charge in [0.15, 0.2) is 11.6 Å². The molecule has 4 heteroatoms. The van der Waals surface area contributed by atoms with Crippen molar-refractivity contribution < 1.29 is 19.0 Å². The predicted octanol–water partition coefficient (Wildman–Crippen LogP) is 1.77. The van der Waals surface area contributed by atoms with Crippen LogP contribution in [0.5, 0.6) is 5.75 Å². The molecule has 0 bridgehead atoms. The number of methoxy groups -OCH3 is 1. The number of carboxylic acids is 1. The van der Waals surface area contributed by atoms with Crippen molar-refractivity contribution in [2.45, 2.75) is 13.3 Å². The zero-order chi connectivity index (χ0) is 10.7. The van der Waals surface area contributed by atoms with E-state index in [1.807, 2.05) is 0 Å². The van der Waals surface area contributed by atoms with Crippen LogP contribution in [0.2, 0.25) is 0 Å². The van der Waals surface area contributed by atoms with Gasteiger partial charge in [-0.05, 0) is 24.1 Å². The number of aryl methyl sites for hydroxylation is 1. The van der Waals surface area contributed by atoms with E-state index < -0.39 is 11.8 Å².